The van der Waals surface area contributed by atoms with Crippen molar-refractivity contribution in [2.45, 2.75) is 12.8 Å². The smallest absolute Gasteiger partial charge is 0.255 e. The van der Waals surface area contributed by atoms with Crippen molar-refractivity contribution >= 4 is 17.4 Å². The fourth-order valence-corrected chi connectivity index (χ4v) is 2.40. The van der Waals surface area contributed by atoms with Crippen LogP contribution in [0.3, 0.4) is 0 Å². The number of carbonyl (C=O) groups is 1. The molecule has 2 heterocycles. The third-order valence-corrected chi connectivity index (χ3v) is 3.54. The number of halogens is 1. The standard InChI is InChI=1S/C16H16FN3O/c17-13-5-1-2-6-14(13)19-15-8-7-12(11-18-15)16(21)20-9-3-4-10-20/h1-2,5-8,11H,3-4,9-10H2,(H,18,19). The lowest BCUT2D eigenvalue weighted by atomic mass is 10.2. The van der Waals surface area contributed by atoms with Gasteiger partial charge in [-0.15, -0.1) is 0 Å². The Kier molecular flexibility index (Phi) is 3.81. The van der Waals surface area contributed by atoms with E-state index in [2.05, 4.69) is 10.3 Å². The summed E-state index contributed by atoms with van der Waals surface area (Å²) in [6, 6.07) is 9.81. The van der Waals surface area contributed by atoms with Crippen LogP contribution in [-0.2, 0) is 0 Å². The van der Waals surface area contributed by atoms with E-state index >= 15 is 0 Å². The zero-order chi connectivity index (χ0) is 14.7. The van der Waals surface area contributed by atoms with Crippen molar-refractivity contribution in [3.63, 3.8) is 0 Å². The summed E-state index contributed by atoms with van der Waals surface area (Å²) >= 11 is 0. The van der Waals surface area contributed by atoms with Gasteiger partial charge in [0, 0.05) is 19.3 Å². The monoisotopic (exact) mass is 285 g/mol. The maximum Gasteiger partial charge on any atom is 0.255 e. The van der Waals surface area contributed by atoms with E-state index < -0.39 is 0 Å². The number of aromatic nitrogens is 1. The SMILES string of the molecule is O=C(c1ccc(Nc2ccccc2F)nc1)N1CCCC1. The van der Waals surface area contributed by atoms with Gasteiger partial charge in [-0.1, -0.05) is 12.1 Å². The number of para-hydroxylation sites is 1. The van der Waals surface area contributed by atoms with Crippen molar-refractivity contribution in [3.05, 3.63) is 54.0 Å². The van der Waals surface area contributed by atoms with Crippen LogP contribution in [0.2, 0.25) is 0 Å². The fraction of sp³-hybridized carbons (Fsp3) is 0.250. The van der Waals surface area contributed by atoms with E-state index in [-0.39, 0.29) is 11.7 Å². The third kappa shape index (κ3) is 3.02. The molecular weight excluding hydrogens is 269 g/mol. The molecule has 1 aromatic carbocycles. The van der Waals surface area contributed by atoms with E-state index in [4.69, 9.17) is 0 Å². The van der Waals surface area contributed by atoms with E-state index in [0.29, 0.717) is 17.1 Å². The summed E-state index contributed by atoms with van der Waals surface area (Å²) < 4.78 is 13.5. The highest BCUT2D eigenvalue weighted by atomic mass is 19.1. The summed E-state index contributed by atoms with van der Waals surface area (Å²) in [6.45, 7) is 1.63. The van der Waals surface area contributed by atoms with Crippen molar-refractivity contribution in [2.75, 3.05) is 18.4 Å². The number of pyridine rings is 1. The number of nitrogens with zero attached hydrogens (tertiary/aromatic N) is 2. The molecule has 2 aromatic rings. The van der Waals surface area contributed by atoms with Gasteiger partial charge in [-0.2, -0.15) is 0 Å². The Morgan fingerprint density at radius 1 is 1.14 bits per heavy atom. The van der Waals surface area contributed by atoms with E-state index in [1.165, 1.54) is 12.3 Å². The van der Waals surface area contributed by atoms with Gasteiger partial charge in [0.05, 0.1) is 11.3 Å². The lowest BCUT2D eigenvalue weighted by Gasteiger charge is -2.15. The molecule has 21 heavy (non-hydrogen) atoms. The van der Waals surface area contributed by atoms with Crippen LogP contribution in [0.4, 0.5) is 15.9 Å². The van der Waals surface area contributed by atoms with Crippen LogP contribution < -0.4 is 5.32 Å². The number of hydrogen-bond donors (Lipinski definition) is 1. The molecule has 3 rings (SSSR count). The summed E-state index contributed by atoms with van der Waals surface area (Å²) in [7, 11) is 0. The first-order chi connectivity index (χ1) is 10.2. The van der Waals surface area contributed by atoms with Crippen LogP contribution in [0.15, 0.2) is 42.6 Å². The summed E-state index contributed by atoms with van der Waals surface area (Å²) in [5.41, 5.74) is 0.930. The molecule has 1 saturated heterocycles. The minimum absolute atomic E-state index is 0.0115. The molecule has 0 aliphatic carbocycles. The fourth-order valence-electron chi connectivity index (χ4n) is 2.40. The molecule has 1 aliphatic heterocycles. The van der Waals surface area contributed by atoms with Crippen molar-refractivity contribution < 1.29 is 9.18 Å². The quantitative estimate of drug-likeness (QED) is 0.942. The molecule has 1 aromatic heterocycles. The van der Waals surface area contributed by atoms with Crippen LogP contribution >= 0.6 is 0 Å². The van der Waals surface area contributed by atoms with E-state index in [9.17, 15) is 9.18 Å². The first-order valence-corrected chi connectivity index (χ1v) is 7.01. The van der Waals surface area contributed by atoms with E-state index in [1.807, 2.05) is 4.90 Å². The van der Waals surface area contributed by atoms with E-state index in [1.54, 1.807) is 30.3 Å². The highest BCUT2D eigenvalue weighted by molar-refractivity contribution is 5.94. The Balaban J connectivity index is 1.72. The summed E-state index contributed by atoms with van der Waals surface area (Å²) in [5.74, 6) is 0.187. The summed E-state index contributed by atoms with van der Waals surface area (Å²) in [4.78, 5) is 18.2. The normalized spacial score (nSPS) is 14.2. The minimum Gasteiger partial charge on any atom is -0.339 e. The summed E-state index contributed by atoms with van der Waals surface area (Å²) in [5, 5.41) is 2.90. The molecular formula is C16H16FN3O. The number of benzene rings is 1. The van der Waals surface area contributed by atoms with Crippen molar-refractivity contribution in [2.24, 2.45) is 0 Å². The first kappa shape index (κ1) is 13.5. The Hall–Kier alpha value is -2.43. The summed E-state index contributed by atoms with van der Waals surface area (Å²) in [6.07, 6.45) is 3.65. The lowest BCUT2D eigenvalue weighted by Crippen LogP contribution is -2.27. The van der Waals surface area contributed by atoms with Gasteiger partial charge in [0.15, 0.2) is 0 Å². The Morgan fingerprint density at radius 2 is 1.90 bits per heavy atom. The van der Waals surface area contributed by atoms with Gasteiger partial charge < -0.3 is 10.2 Å². The Labute approximate surface area is 122 Å². The maximum absolute atomic E-state index is 13.5. The molecule has 0 saturated carbocycles. The average Bonchev–Trinajstić information content (AvgIpc) is 3.04. The lowest BCUT2D eigenvalue weighted by molar-refractivity contribution is 0.0792. The van der Waals surface area contributed by atoms with Crippen molar-refractivity contribution in [1.29, 1.82) is 0 Å². The molecule has 1 N–H and O–H groups in total. The first-order valence-electron chi connectivity index (χ1n) is 7.01. The van der Waals surface area contributed by atoms with Crippen LogP contribution in [0, 0.1) is 5.82 Å². The van der Waals surface area contributed by atoms with Crippen molar-refractivity contribution in [1.82, 2.24) is 9.88 Å². The second-order valence-corrected chi connectivity index (χ2v) is 5.04. The number of amides is 1. The molecule has 0 spiro atoms. The van der Waals surface area contributed by atoms with Crippen molar-refractivity contribution in [3.8, 4) is 0 Å². The topological polar surface area (TPSA) is 45.2 Å². The van der Waals surface area contributed by atoms with Gasteiger partial charge in [-0.05, 0) is 37.1 Å². The van der Waals surface area contributed by atoms with Gasteiger partial charge in [0.1, 0.15) is 11.6 Å². The second-order valence-electron chi connectivity index (χ2n) is 5.04. The number of hydrogen-bond acceptors (Lipinski definition) is 3. The molecule has 0 bridgehead atoms. The molecule has 5 heteroatoms. The number of likely N-dealkylation sites (tertiary alicyclic amines) is 1. The van der Waals surface area contributed by atoms with E-state index in [0.717, 1.165) is 25.9 Å². The van der Waals surface area contributed by atoms with Gasteiger partial charge in [0.25, 0.3) is 5.91 Å². The number of anilines is 2. The maximum atomic E-state index is 13.5. The highest BCUT2D eigenvalue weighted by Gasteiger charge is 2.19. The third-order valence-electron chi connectivity index (χ3n) is 3.54. The molecule has 1 amide bonds. The largest absolute Gasteiger partial charge is 0.339 e. The number of carbonyl (C=O) groups excluding carboxylic acids is 1. The molecule has 0 radical (unpaired) electrons. The van der Waals surface area contributed by atoms with Gasteiger partial charge in [-0.3, -0.25) is 4.79 Å². The molecule has 0 unspecified atom stereocenters. The molecule has 1 fully saturated rings. The zero-order valence-electron chi connectivity index (χ0n) is 11.6. The van der Waals surface area contributed by atoms with Gasteiger partial charge in [-0.25, -0.2) is 9.37 Å². The Morgan fingerprint density at radius 3 is 2.57 bits per heavy atom. The van der Waals surface area contributed by atoms with Crippen LogP contribution in [0.1, 0.15) is 23.2 Å². The zero-order valence-corrected chi connectivity index (χ0v) is 11.6. The van der Waals surface area contributed by atoms with Crippen LogP contribution in [-0.4, -0.2) is 28.9 Å². The second kappa shape index (κ2) is 5.91. The number of nitrogens with one attached hydrogen (secondary N) is 1. The molecule has 1 aliphatic rings. The predicted octanol–water partition coefficient (Wildman–Crippen LogP) is 3.20. The molecule has 4 nitrogen and oxygen atoms in total. The van der Waals surface area contributed by atoms with Gasteiger partial charge in [0.2, 0.25) is 0 Å². The highest BCUT2D eigenvalue weighted by Crippen LogP contribution is 2.19. The predicted molar refractivity (Wildman–Crippen MR) is 79.1 cm³/mol. The van der Waals surface area contributed by atoms with Crippen LogP contribution in [0.25, 0.3) is 0 Å². The van der Waals surface area contributed by atoms with Crippen LogP contribution in [0.5, 0.6) is 0 Å². The Bertz CT molecular complexity index is 636. The minimum atomic E-state index is -0.337. The average molecular weight is 285 g/mol. The van der Waals surface area contributed by atoms with Gasteiger partial charge >= 0.3 is 0 Å². The number of rotatable bonds is 3. The molecule has 108 valence electrons. The molecule has 0 atom stereocenters.